The smallest absolute Gasteiger partial charge is 0.0753 e. The molecule has 0 saturated carbocycles. The van der Waals surface area contributed by atoms with Crippen LogP contribution in [0, 0.1) is 0 Å². The molecular formula is C16H24N2O. The van der Waals surface area contributed by atoms with Gasteiger partial charge in [0.15, 0.2) is 0 Å². The number of para-hydroxylation sites is 1. The number of anilines is 1. The molecule has 104 valence electrons. The van der Waals surface area contributed by atoms with Gasteiger partial charge in [-0.05, 0) is 38.3 Å². The summed E-state index contributed by atoms with van der Waals surface area (Å²) in [7, 11) is 0. The average Bonchev–Trinajstić information content (AvgIpc) is 2.60. The predicted octanol–water partition coefficient (Wildman–Crippen LogP) is 2.52. The van der Waals surface area contributed by atoms with Crippen LogP contribution in [0.3, 0.4) is 0 Å². The number of morpholine rings is 1. The van der Waals surface area contributed by atoms with E-state index >= 15 is 0 Å². The van der Waals surface area contributed by atoms with Gasteiger partial charge in [0.25, 0.3) is 0 Å². The molecule has 0 aliphatic carbocycles. The molecule has 1 atom stereocenters. The lowest BCUT2D eigenvalue weighted by atomic mass is 10.0. The predicted molar refractivity (Wildman–Crippen MR) is 78.6 cm³/mol. The molecule has 0 bridgehead atoms. The standard InChI is InChI=1S/C16H24N2O/c1-16(2)12-18(9-10-19-16)14-8-7-13-5-3-4-6-15(13)17-11-14/h3-6,14,17H,7-12H2,1-2H3. The molecular weight excluding hydrogens is 236 g/mol. The van der Waals surface area contributed by atoms with Crippen LogP contribution in [0.25, 0.3) is 0 Å². The molecule has 0 spiro atoms. The highest BCUT2D eigenvalue weighted by atomic mass is 16.5. The van der Waals surface area contributed by atoms with Gasteiger partial charge in [0.2, 0.25) is 0 Å². The molecule has 1 saturated heterocycles. The van der Waals surface area contributed by atoms with Crippen molar-refractivity contribution < 1.29 is 4.74 Å². The van der Waals surface area contributed by atoms with E-state index in [4.69, 9.17) is 4.74 Å². The van der Waals surface area contributed by atoms with Crippen LogP contribution in [0.15, 0.2) is 24.3 Å². The minimum atomic E-state index is -0.00257. The third-order valence-electron chi connectivity index (χ3n) is 4.26. The van der Waals surface area contributed by atoms with Crippen molar-refractivity contribution >= 4 is 5.69 Å². The van der Waals surface area contributed by atoms with Crippen LogP contribution < -0.4 is 5.32 Å². The minimum absolute atomic E-state index is 0.00257. The number of ether oxygens (including phenoxy) is 1. The Bertz CT molecular complexity index is 417. The van der Waals surface area contributed by atoms with Gasteiger partial charge in [-0.1, -0.05) is 18.2 Å². The summed E-state index contributed by atoms with van der Waals surface area (Å²) in [5.74, 6) is 0. The number of hydrogen-bond donors (Lipinski definition) is 1. The SMILES string of the molecule is CC1(C)CN(C2CCc3ccccc3NC2)CCO1. The van der Waals surface area contributed by atoms with Gasteiger partial charge in [0.1, 0.15) is 0 Å². The fourth-order valence-corrected chi connectivity index (χ4v) is 3.24. The van der Waals surface area contributed by atoms with E-state index < -0.39 is 0 Å². The number of benzene rings is 1. The first-order chi connectivity index (χ1) is 9.14. The maximum Gasteiger partial charge on any atom is 0.0753 e. The fraction of sp³-hybridized carbons (Fsp3) is 0.625. The lowest BCUT2D eigenvalue weighted by Crippen LogP contribution is -2.53. The maximum atomic E-state index is 5.82. The van der Waals surface area contributed by atoms with Crippen molar-refractivity contribution in [1.29, 1.82) is 0 Å². The number of nitrogens with one attached hydrogen (secondary N) is 1. The minimum Gasteiger partial charge on any atom is -0.383 e. The lowest BCUT2D eigenvalue weighted by Gasteiger charge is -2.42. The average molecular weight is 260 g/mol. The van der Waals surface area contributed by atoms with Crippen molar-refractivity contribution in [2.24, 2.45) is 0 Å². The Kier molecular flexibility index (Phi) is 3.50. The van der Waals surface area contributed by atoms with Crippen molar-refractivity contribution in [2.45, 2.75) is 38.3 Å². The first kappa shape index (κ1) is 12.9. The fourth-order valence-electron chi connectivity index (χ4n) is 3.24. The van der Waals surface area contributed by atoms with Crippen LogP contribution in [-0.4, -0.2) is 42.8 Å². The Morgan fingerprint density at radius 1 is 1.32 bits per heavy atom. The summed E-state index contributed by atoms with van der Waals surface area (Å²) >= 11 is 0. The highest BCUT2D eigenvalue weighted by Gasteiger charge is 2.31. The molecule has 1 unspecified atom stereocenters. The molecule has 2 aliphatic heterocycles. The lowest BCUT2D eigenvalue weighted by molar-refractivity contribution is -0.0962. The van der Waals surface area contributed by atoms with E-state index in [0.29, 0.717) is 6.04 Å². The molecule has 1 fully saturated rings. The van der Waals surface area contributed by atoms with Crippen LogP contribution in [0.2, 0.25) is 0 Å². The zero-order valence-electron chi connectivity index (χ0n) is 12.0. The molecule has 1 aromatic rings. The molecule has 3 rings (SSSR count). The van der Waals surface area contributed by atoms with E-state index in [1.807, 2.05) is 0 Å². The van der Waals surface area contributed by atoms with E-state index in [2.05, 4.69) is 48.3 Å². The summed E-state index contributed by atoms with van der Waals surface area (Å²) in [6.07, 6.45) is 2.41. The van der Waals surface area contributed by atoms with E-state index in [1.54, 1.807) is 0 Å². The zero-order valence-corrected chi connectivity index (χ0v) is 12.0. The van der Waals surface area contributed by atoms with E-state index in [0.717, 1.165) is 26.2 Å². The van der Waals surface area contributed by atoms with Gasteiger partial charge in [-0.2, -0.15) is 0 Å². The largest absolute Gasteiger partial charge is 0.383 e. The van der Waals surface area contributed by atoms with Gasteiger partial charge in [-0.25, -0.2) is 0 Å². The second kappa shape index (κ2) is 5.14. The summed E-state index contributed by atoms with van der Waals surface area (Å²) < 4.78 is 5.82. The second-order valence-electron chi connectivity index (χ2n) is 6.31. The normalized spacial score (nSPS) is 27.2. The van der Waals surface area contributed by atoms with Crippen molar-refractivity contribution in [2.75, 3.05) is 31.6 Å². The highest BCUT2D eigenvalue weighted by Crippen LogP contribution is 2.25. The van der Waals surface area contributed by atoms with E-state index in [-0.39, 0.29) is 5.60 Å². The van der Waals surface area contributed by atoms with Crippen molar-refractivity contribution in [3.8, 4) is 0 Å². The Balaban J connectivity index is 1.68. The molecule has 1 N–H and O–H groups in total. The monoisotopic (exact) mass is 260 g/mol. The summed E-state index contributed by atoms with van der Waals surface area (Å²) in [4.78, 5) is 2.60. The van der Waals surface area contributed by atoms with Gasteiger partial charge >= 0.3 is 0 Å². The van der Waals surface area contributed by atoms with Crippen molar-refractivity contribution in [3.05, 3.63) is 29.8 Å². The summed E-state index contributed by atoms with van der Waals surface area (Å²) in [5, 5.41) is 3.62. The van der Waals surface area contributed by atoms with Crippen LogP contribution in [-0.2, 0) is 11.2 Å². The van der Waals surface area contributed by atoms with Gasteiger partial charge in [-0.3, -0.25) is 4.90 Å². The third kappa shape index (κ3) is 2.93. The van der Waals surface area contributed by atoms with Crippen molar-refractivity contribution in [3.63, 3.8) is 0 Å². The number of fused-ring (bicyclic) bond motifs is 1. The van der Waals surface area contributed by atoms with Gasteiger partial charge in [0, 0.05) is 31.4 Å². The molecule has 1 aromatic carbocycles. The molecule has 2 heterocycles. The number of aryl methyl sites for hydroxylation is 1. The topological polar surface area (TPSA) is 24.5 Å². The third-order valence-corrected chi connectivity index (χ3v) is 4.26. The number of nitrogens with zero attached hydrogens (tertiary/aromatic N) is 1. The maximum absolute atomic E-state index is 5.82. The van der Waals surface area contributed by atoms with Gasteiger partial charge < -0.3 is 10.1 Å². The van der Waals surface area contributed by atoms with E-state index in [9.17, 15) is 0 Å². The molecule has 19 heavy (non-hydrogen) atoms. The first-order valence-electron chi connectivity index (χ1n) is 7.34. The molecule has 3 heteroatoms. The van der Waals surface area contributed by atoms with Gasteiger partial charge in [-0.15, -0.1) is 0 Å². The summed E-state index contributed by atoms with van der Waals surface area (Å²) in [6.45, 7) is 8.39. The molecule has 0 aromatic heterocycles. The Morgan fingerprint density at radius 2 is 2.16 bits per heavy atom. The van der Waals surface area contributed by atoms with E-state index in [1.165, 1.54) is 24.1 Å². The van der Waals surface area contributed by atoms with Crippen LogP contribution in [0.4, 0.5) is 5.69 Å². The summed E-state index contributed by atoms with van der Waals surface area (Å²) in [5.41, 5.74) is 2.77. The van der Waals surface area contributed by atoms with Crippen LogP contribution >= 0.6 is 0 Å². The van der Waals surface area contributed by atoms with Crippen molar-refractivity contribution in [1.82, 2.24) is 4.90 Å². The summed E-state index contributed by atoms with van der Waals surface area (Å²) in [6, 6.07) is 9.31. The van der Waals surface area contributed by atoms with Crippen LogP contribution in [0.5, 0.6) is 0 Å². The molecule has 0 amide bonds. The second-order valence-corrected chi connectivity index (χ2v) is 6.31. The zero-order chi connectivity index (χ0) is 13.3. The van der Waals surface area contributed by atoms with Gasteiger partial charge in [0.05, 0.1) is 12.2 Å². The Labute approximate surface area is 115 Å². The molecule has 0 radical (unpaired) electrons. The number of rotatable bonds is 1. The Hall–Kier alpha value is -1.06. The van der Waals surface area contributed by atoms with Crippen LogP contribution in [0.1, 0.15) is 25.8 Å². The quantitative estimate of drug-likeness (QED) is 0.840. The first-order valence-corrected chi connectivity index (χ1v) is 7.34. The molecule has 3 nitrogen and oxygen atoms in total. The molecule has 2 aliphatic rings. The number of hydrogen-bond acceptors (Lipinski definition) is 3. The highest BCUT2D eigenvalue weighted by molar-refractivity contribution is 5.52. The Morgan fingerprint density at radius 3 is 3.00 bits per heavy atom.